The van der Waals surface area contributed by atoms with E-state index < -0.39 is 10.7 Å². The molecule has 1 aliphatic rings. The van der Waals surface area contributed by atoms with Crippen molar-refractivity contribution in [2.45, 2.75) is 12.8 Å². The molecule has 4 rings (SSSR count). The summed E-state index contributed by atoms with van der Waals surface area (Å²) in [6.07, 6.45) is 3.42. The van der Waals surface area contributed by atoms with Gasteiger partial charge in [-0.25, -0.2) is 9.37 Å². The van der Waals surface area contributed by atoms with E-state index in [2.05, 4.69) is 4.98 Å². The molecule has 0 bridgehead atoms. The zero-order valence-electron chi connectivity index (χ0n) is 15.0. The molecule has 1 saturated carbocycles. The second-order valence-corrected chi connectivity index (χ2v) is 8.20. The zero-order valence-corrected chi connectivity index (χ0v) is 16.6. The molecule has 1 aromatic heterocycles. The summed E-state index contributed by atoms with van der Waals surface area (Å²) in [5.41, 5.74) is 0.473. The molecule has 29 heavy (non-hydrogen) atoms. The number of thiazole rings is 1. The first-order chi connectivity index (χ1) is 13.9. The maximum absolute atomic E-state index is 14.0. The number of carbonyl (C=O) groups excluding carboxylic acids is 1. The van der Waals surface area contributed by atoms with Crippen LogP contribution in [0.1, 0.15) is 22.5 Å². The van der Waals surface area contributed by atoms with E-state index in [1.165, 1.54) is 29.3 Å². The van der Waals surface area contributed by atoms with Gasteiger partial charge in [0.2, 0.25) is 0 Å². The van der Waals surface area contributed by atoms with Gasteiger partial charge >= 0.3 is 0 Å². The number of amides is 1. The Morgan fingerprint density at radius 1 is 1.31 bits per heavy atom. The van der Waals surface area contributed by atoms with Crippen molar-refractivity contribution in [2.24, 2.45) is 5.92 Å². The van der Waals surface area contributed by atoms with Gasteiger partial charge in [-0.1, -0.05) is 23.7 Å². The highest BCUT2D eigenvalue weighted by molar-refractivity contribution is 7.17. The standard InChI is InChI=1S/C20H15ClFN3O3S/c21-15-8-7-13(9-17(15)25(27)28)24(11-12-5-6-12)20(26)18-10-23-19(29-18)14-3-1-2-4-16(14)22/h1-4,7-10,12H,5-6,11H2. The van der Waals surface area contributed by atoms with Gasteiger partial charge in [0.15, 0.2) is 0 Å². The fraction of sp³-hybridized carbons (Fsp3) is 0.200. The monoisotopic (exact) mass is 431 g/mol. The third-order valence-electron chi connectivity index (χ3n) is 4.64. The van der Waals surface area contributed by atoms with E-state index in [0.717, 1.165) is 24.2 Å². The molecular weight excluding hydrogens is 417 g/mol. The summed E-state index contributed by atoms with van der Waals surface area (Å²) in [4.78, 5) is 29.9. The van der Waals surface area contributed by atoms with E-state index in [4.69, 9.17) is 11.6 Å². The smallest absolute Gasteiger partial charge is 0.289 e. The Kier molecular flexibility index (Phi) is 5.29. The molecule has 0 N–H and O–H groups in total. The number of hydrogen-bond donors (Lipinski definition) is 0. The summed E-state index contributed by atoms with van der Waals surface area (Å²) in [6, 6.07) is 10.5. The molecule has 0 atom stereocenters. The largest absolute Gasteiger partial charge is 0.307 e. The van der Waals surface area contributed by atoms with Gasteiger partial charge in [0.05, 0.1) is 16.8 Å². The van der Waals surface area contributed by atoms with E-state index in [1.807, 2.05) is 0 Å². The van der Waals surface area contributed by atoms with Crippen molar-refractivity contribution in [1.29, 1.82) is 0 Å². The van der Waals surface area contributed by atoms with Crippen molar-refractivity contribution in [3.05, 3.63) is 74.5 Å². The summed E-state index contributed by atoms with van der Waals surface area (Å²) >= 11 is 7.00. The van der Waals surface area contributed by atoms with Gasteiger partial charge in [-0.3, -0.25) is 14.9 Å². The predicted molar refractivity (Wildman–Crippen MR) is 110 cm³/mol. The molecule has 0 radical (unpaired) electrons. The maximum Gasteiger partial charge on any atom is 0.289 e. The van der Waals surface area contributed by atoms with Gasteiger partial charge < -0.3 is 4.90 Å². The Balaban J connectivity index is 1.68. The molecule has 1 fully saturated rings. The van der Waals surface area contributed by atoms with Crippen molar-refractivity contribution in [1.82, 2.24) is 4.98 Å². The molecule has 1 heterocycles. The van der Waals surface area contributed by atoms with Crippen molar-refractivity contribution < 1.29 is 14.1 Å². The van der Waals surface area contributed by atoms with Crippen LogP contribution in [0.15, 0.2) is 48.7 Å². The lowest BCUT2D eigenvalue weighted by Gasteiger charge is -2.22. The average molecular weight is 432 g/mol. The van der Waals surface area contributed by atoms with Crippen LogP contribution >= 0.6 is 22.9 Å². The lowest BCUT2D eigenvalue weighted by atomic mass is 10.2. The number of nitrogens with zero attached hydrogens (tertiary/aromatic N) is 3. The van der Waals surface area contributed by atoms with Crippen LogP contribution in [0, 0.1) is 21.8 Å². The average Bonchev–Trinajstić information content (AvgIpc) is 3.39. The van der Waals surface area contributed by atoms with Crippen molar-refractivity contribution in [2.75, 3.05) is 11.4 Å². The number of carbonyl (C=O) groups is 1. The first-order valence-electron chi connectivity index (χ1n) is 8.90. The number of halogens is 2. The van der Waals surface area contributed by atoms with E-state index >= 15 is 0 Å². The fourth-order valence-electron chi connectivity index (χ4n) is 2.94. The molecule has 0 spiro atoms. The molecule has 6 nitrogen and oxygen atoms in total. The molecule has 3 aromatic rings. The molecule has 2 aromatic carbocycles. The van der Waals surface area contributed by atoms with E-state index in [-0.39, 0.29) is 16.6 Å². The lowest BCUT2D eigenvalue weighted by Crippen LogP contribution is -2.32. The predicted octanol–water partition coefficient (Wildman–Crippen LogP) is 5.57. The van der Waals surface area contributed by atoms with Crippen LogP contribution in [-0.4, -0.2) is 22.4 Å². The minimum atomic E-state index is -0.575. The van der Waals surface area contributed by atoms with E-state index in [1.54, 1.807) is 24.3 Å². The van der Waals surface area contributed by atoms with Gasteiger partial charge in [-0.05, 0) is 43.0 Å². The summed E-state index contributed by atoms with van der Waals surface area (Å²) in [5, 5.41) is 11.7. The highest BCUT2D eigenvalue weighted by Crippen LogP contribution is 2.36. The number of hydrogen-bond acceptors (Lipinski definition) is 5. The van der Waals surface area contributed by atoms with Crippen LogP contribution in [0.2, 0.25) is 5.02 Å². The molecule has 0 saturated heterocycles. The third-order valence-corrected chi connectivity index (χ3v) is 5.98. The summed E-state index contributed by atoms with van der Waals surface area (Å²) < 4.78 is 14.0. The number of anilines is 1. The molecule has 0 aliphatic heterocycles. The van der Waals surface area contributed by atoms with Gasteiger partial charge in [-0.2, -0.15) is 0 Å². The lowest BCUT2D eigenvalue weighted by molar-refractivity contribution is -0.384. The molecule has 1 aliphatic carbocycles. The molecule has 0 unspecified atom stereocenters. The summed E-state index contributed by atoms with van der Waals surface area (Å²) in [5.74, 6) is -0.384. The minimum Gasteiger partial charge on any atom is -0.307 e. The SMILES string of the molecule is O=C(c1cnc(-c2ccccc2F)s1)N(CC1CC1)c1ccc(Cl)c([N+](=O)[O-])c1. The van der Waals surface area contributed by atoms with Crippen LogP contribution < -0.4 is 4.90 Å². The van der Waals surface area contributed by atoms with Crippen LogP contribution in [0.3, 0.4) is 0 Å². The minimum absolute atomic E-state index is 0.0113. The summed E-state index contributed by atoms with van der Waals surface area (Å²) in [7, 11) is 0. The normalized spacial score (nSPS) is 13.3. The second-order valence-electron chi connectivity index (χ2n) is 6.76. The molecule has 148 valence electrons. The number of nitro benzene ring substituents is 1. The Morgan fingerprint density at radius 3 is 2.76 bits per heavy atom. The van der Waals surface area contributed by atoms with Crippen molar-refractivity contribution >= 4 is 40.2 Å². The number of aromatic nitrogens is 1. The number of nitro groups is 1. The Labute approximate surface area is 174 Å². The fourth-order valence-corrected chi connectivity index (χ4v) is 4.02. The van der Waals surface area contributed by atoms with Gasteiger partial charge in [0, 0.05) is 18.2 Å². The van der Waals surface area contributed by atoms with E-state index in [0.29, 0.717) is 33.6 Å². The Hall–Kier alpha value is -2.84. The summed E-state index contributed by atoms with van der Waals surface area (Å²) in [6.45, 7) is 0.449. The highest BCUT2D eigenvalue weighted by atomic mass is 35.5. The van der Waals surface area contributed by atoms with Crippen molar-refractivity contribution in [3.63, 3.8) is 0 Å². The quantitative estimate of drug-likeness (QED) is 0.377. The third kappa shape index (κ3) is 4.13. The maximum atomic E-state index is 14.0. The zero-order chi connectivity index (χ0) is 20.5. The van der Waals surface area contributed by atoms with Crippen LogP contribution in [0.4, 0.5) is 15.8 Å². The van der Waals surface area contributed by atoms with Gasteiger partial charge in [-0.15, -0.1) is 11.3 Å². The first kappa shape index (κ1) is 19.5. The van der Waals surface area contributed by atoms with Crippen LogP contribution in [0.5, 0.6) is 0 Å². The Morgan fingerprint density at radius 2 is 2.07 bits per heavy atom. The topological polar surface area (TPSA) is 76.3 Å². The van der Waals surface area contributed by atoms with Crippen LogP contribution in [-0.2, 0) is 0 Å². The van der Waals surface area contributed by atoms with Crippen molar-refractivity contribution in [3.8, 4) is 10.6 Å². The number of rotatable bonds is 6. The first-order valence-corrected chi connectivity index (χ1v) is 10.1. The van der Waals surface area contributed by atoms with E-state index in [9.17, 15) is 19.3 Å². The second kappa shape index (κ2) is 7.88. The molecular formula is C20H15ClFN3O3S. The number of benzene rings is 2. The Bertz CT molecular complexity index is 1100. The van der Waals surface area contributed by atoms with Gasteiger partial charge in [0.25, 0.3) is 11.6 Å². The van der Waals surface area contributed by atoms with Crippen LogP contribution in [0.25, 0.3) is 10.6 Å². The van der Waals surface area contributed by atoms with Gasteiger partial charge in [0.1, 0.15) is 20.7 Å². The highest BCUT2D eigenvalue weighted by Gasteiger charge is 2.30. The molecule has 9 heteroatoms. The molecule has 1 amide bonds.